The fourth-order valence-electron chi connectivity index (χ4n) is 2.74. The van der Waals surface area contributed by atoms with Gasteiger partial charge in [0, 0.05) is 12.7 Å². The van der Waals surface area contributed by atoms with E-state index >= 15 is 0 Å². The zero-order valence-corrected chi connectivity index (χ0v) is 10.9. The van der Waals surface area contributed by atoms with Gasteiger partial charge >= 0.3 is 0 Å². The van der Waals surface area contributed by atoms with Crippen molar-refractivity contribution in [3.05, 3.63) is 23.9 Å². The van der Waals surface area contributed by atoms with Crippen molar-refractivity contribution < 1.29 is 0 Å². The number of anilines is 1. The molecule has 0 saturated heterocycles. The quantitative estimate of drug-likeness (QED) is 0.902. The Hall–Kier alpha value is -1.58. The van der Waals surface area contributed by atoms with Gasteiger partial charge < -0.3 is 5.32 Å². The van der Waals surface area contributed by atoms with Crippen molar-refractivity contribution in [2.45, 2.75) is 39.0 Å². The summed E-state index contributed by atoms with van der Waals surface area (Å²) in [5, 5.41) is 7.84. The fraction of sp³-hybridized carbons (Fsp3) is 0.571. The Morgan fingerprint density at radius 2 is 2.17 bits per heavy atom. The van der Waals surface area contributed by atoms with Gasteiger partial charge in [-0.3, -0.25) is 0 Å². The van der Waals surface area contributed by atoms with Crippen molar-refractivity contribution in [1.82, 2.24) is 14.6 Å². The van der Waals surface area contributed by atoms with E-state index in [9.17, 15) is 0 Å². The molecule has 1 fully saturated rings. The number of pyridine rings is 1. The molecule has 96 valence electrons. The van der Waals surface area contributed by atoms with Crippen LogP contribution in [0.2, 0.25) is 0 Å². The molecule has 2 aromatic heterocycles. The van der Waals surface area contributed by atoms with E-state index < -0.39 is 0 Å². The zero-order valence-electron chi connectivity index (χ0n) is 10.9. The van der Waals surface area contributed by atoms with Gasteiger partial charge in [0.15, 0.2) is 5.65 Å². The molecule has 0 bridgehead atoms. The number of rotatable bonds is 3. The first-order chi connectivity index (χ1) is 8.83. The van der Waals surface area contributed by atoms with Crippen LogP contribution in [0.3, 0.4) is 0 Å². The average molecular weight is 244 g/mol. The summed E-state index contributed by atoms with van der Waals surface area (Å²) >= 11 is 0. The zero-order chi connectivity index (χ0) is 12.4. The van der Waals surface area contributed by atoms with Gasteiger partial charge in [0.05, 0.1) is 0 Å². The summed E-state index contributed by atoms with van der Waals surface area (Å²) in [4.78, 5) is 4.54. The molecule has 1 saturated carbocycles. The summed E-state index contributed by atoms with van der Waals surface area (Å²) in [6.07, 6.45) is 8.80. The van der Waals surface area contributed by atoms with Crippen molar-refractivity contribution in [1.29, 1.82) is 0 Å². The summed E-state index contributed by atoms with van der Waals surface area (Å²) in [5.41, 5.74) is 2.11. The second-order valence-corrected chi connectivity index (χ2v) is 5.28. The number of hydrogen-bond donors (Lipinski definition) is 1. The summed E-state index contributed by atoms with van der Waals surface area (Å²) in [7, 11) is 0. The number of aryl methyl sites for hydroxylation is 1. The standard InChI is InChI=1S/C14H20N4/c1-11-6-5-9-18-13(11)16-14(17-18)15-10-12-7-3-2-4-8-12/h5-6,9,12H,2-4,7-8,10H2,1H3,(H,15,17). The maximum Gasteiger partial charge on any atom is 0.243 e. The van der Waals surface area contributed by atoms with Crippen LogP contribution in [0.25, 0.3) is 5.65 Å². The Morgan fingerprint density at radius 1 is 1.33 bits per heavy atom. The van der Waals surface area contributed by atoms with E-state index in [1.165, 1.54) is 32.1 Å². The van der Waals surface area contributed by atoms with Gasteiger partial charge in [0.1, 0.15) is 0 Å². The molecule has 1 aliphatic carbocycles. The third kappa shape index (κ3) is 2.33. The Bertz CT molecular complexity index is 526. The molecule has 2 heterocycles. The predicted octanol–water partition coefficient (Wildman–Crippen LogP) is 3.03. The number of nitrogens with one attached hydrogen (secondary N) is 1. The first-order valence-electron chi connectivity index (χ1n) is 6.89. The van der Waals surface area contributed by atoms with Crippen LogP contribution in [0.4, 0.5) is 5.95 Å². The van der Waals surface area contributed by atoms with Crippen molar-refractivity contribution in [2.24, 2.45) is 5.92 Å². The van der Waals surface area contributed by atoms with E-state index in [4.69, 9.17) is 0 Å². The minimum Gasteiger partial charge on any atom is -0.353 e. The summed E-state index contributed by atoms with van der Waals surface area (Å²) in [6.45, 7) is 3.07. The smallest absolute Gasteiger partial charge is 0.243 e. The van der Waals surface area contributed by atoms with Crippen LogP contribution in [-0.4, -0.2) is 21.1 Å². The van der Waals surface area contributed by atoms with Gasteiger partial charge in [-0.15, -0.1) is 5.10 Å². The summed E-state index contributed by atoms with van der Waals surface area (Å²) < 4.78 is 1.85. The van der Waals surface area contributed by atoms with Crippen molar-refractivity contribution in [3.63, 3.8) is 0 Å². The Labute approximate surface area is 107 Å². The topological polar surface area (TPSA) is 42.2 Å². The first-order valence-corrected chi connectivity index (χ1v) is 6.89. The van der Waals surface area contributed by atoms with Gasteiger partial charge in [0.2, 0.25) is 5.95 Å². The largest absolute Gasteiger partial charge is 0.353 e. The lowest BCUT2D eigenvalue weighted by Gasteiger charge is -2.21. The van der Waals surface area contributed by atoms with E-state index in [1.807, 2.05) is 16.8 Å². The molecule has 1 N–H and O–H groups in total. The monoisotopic (exact) mass is 244 g/mol. The van der Waals surface area contributed by atoms with Crippen LogP contribution in [0, 0.1) is 12.8 Å². The van der Waals surface area contributed by atoms with Crippen molar-refractivity contribution >= 4 is 11.6 Å². The Morgan fingerprint density at radius 3 is 2.94 bits per heavy atom. The van der Waals surface area contributed by atoms with Gasteiger partial charge in [-0.25, -0.2) is 4.52 Å². The molecule has 4 heteroatoms. The van der Waals surface area contributed by atoms with Crippen LogP contribution in [0.1, 0.15) is 37.7 Å². The molecule has 0 spiro atoms. The predicted molar refractivity (Wildman–Crippen MR) is 72.8 cm³/mol. The summed E-state index contributed by atoms with van der Waals surface area (Å²) in [6, 6.07) is 4.07. The maximum absolute atomic E-state index is 4.54. The highest BCUT2D eigenvalue weighted by Gasteiger charge is 2.14. The number of hydrogen-bond acceptors (Lipinski definition) is 3. The van der Waals surface area contributed by atoms with Crippen molar-refractivity contribution in [2.75, 3.05) is 11.9 Å². The molecule has 0 atom stereocenters. The van der Waals surface area contributed by atoms with E-state index in [-0.39, 0.29) is 0 Å². The molecule has 0 amide bonds. The molecule has 1 aliphatic rings. The molecular formula is C14H20N4. The lowest BCUT2D eigenvalue weighted by atomic mass is 9.89. The third-order valence-corrected chi connectivity index (χ3v) is 3.83. The highest BCUT2D eigenvalue weighted by molar-refractivity contribution is 5.49. The van der Waals surface area contributed by atoms with Gasteiger partial charge in [-0.2, -0.15) is 4.98 Å². The first kappa shape index (κ1) is 11.5. The highest BCUT2D eigenvalue weighted by Crippen LogP contribution is 2.23. The van der Waals surface area contributed by atoms with Gasteiger partial charge in [-0.05, 0) is 37.3 Å². The van der Waals surface area contributed by atoms with Gasteiger partial charge in [-0.1, -0.05) is 25.3 Å². The molecule has 0 aromatic carbocycles. The fourth-order valence-corrected chi connectivity index (χ4v) is 2.74. The lowest BCUT2D eigenvalue weighted by Crippen LogP contribution is -2.17. The molecule has 0 unspecified atom stereocenters. The minimum absolute atomic E-state index is 0.759. The summed E-state index contributed by atoms with van der Waals surface area (Å²) in [5.74, 6) is 1.56. The number of aromatic nitrogens is 3. The van der Waals surface area contributed by atoms with Crippen LogP contribution in [-0.2, 0) is 0 Å². The average Bonchev–Trinajstić information content (AvgIpc) is 2.82. The van der Waals surface area contributed by atoms with Crippen LogP contribution < -0.4 is 5.32 Å². The minimum atomic E-state index is 0.759. The Balaban J connectivity index is 1.69. The van der Waals surface area contributed by atoms with Crippen LogP contribution >= 0.6 is 0 Å². The lowest BCUT2D eigenvalue weighted by molar-refractivity contribution is 0.373. The normalized spacial score (nSPS) is 17.2. The Kier molecular flexibility index (Phi) is 3.17. The van der Waals surface area contributed by atoms with E-state index in [1.54, 1.807) is 0 Å². The maximum atomic E-state index is 4.54. The van der Waals surface area contributed by atoms with E-state index in [2.05, 4.69) is 28.4 Å². The second kappa shape index (κ2) is 4.96. The van der Waals surface area contributed by atoms with E-state index in [0.717, 1.165) is 29.6 Å². The SMILES string of the molecule is Cc1cccn2nc(NCC3CCCCC3)nc12. The van der Waals surface area contributed by atoms with Crippen LogP contribution in [0.5, 0.6) is 0 Å². The highest BCUT2D eigenvalue weighted by atomic mass is 15.3. The molecule has 0 aliphatic heterocycles. The van der Waals surface area contributed by atoms with Crippen molar-refractivity contribution in [3.8, 4) is 0 Å². The molecule has 2 aromatic rings. The third-order valence-electron chi connectivity index (χ3n) is 3.83. The molecule has 4 nitrogen and oxygen atoms in total. The molecule has 18 heavy (non-hydrogen) atoms. The molecule has 0 radical (unpaired) electrons. The molecular weight excluding hydrogens is 224 g/mol. The van der Waals surface area contributed by atoms with Crippen LogP contribution in [0.15, 0.2) is 18.3 Å². The van der Waals surface area contributed by atoms with E-state index in [0.29, 0.717) is 0 Å². The number of fused-ring (bicyclic) bond motifs is 1. The second-order valence-electron chi connectivity index (χ2n) is 5.28. The van der Waals surface area contributed by atoms with Gasteiger partial charge in [0.25, 0.3) is 0 Å². The molecule has 3 rings (SSSR count). The number of nitrogens with zero attached hydrogens (tertiary/aromatic N) is 3.